The molecule has 0 aromatic carbocycles. The average Bonchev–Trinajstić information content (AvgIpc) is 2.87. The van der Waals surface area contributed by atoms with Crippen LogP contribution in [0.4, 0.5) is 5.82 Å². The summed E-state index contributed by atoms with van der Waals surface area (Å²) in [6.07, 6.45) is 6.47. The van der Waals surface area contributed by atoms with Gasteiger partial charge in [-0.2, -0.15) is 10.4 Å². The minimum absolute atomic E-state index is 0.424. The van der Waals surface area contributed by atoms with Crippen molar-refractivity contribution in [2.24, 2.45) is 0 Å². The van der Waals surface area contributed by atoms with Gasteiger partial charge >= 0.3 is 0 Å². The van der Waals surface area contributed by atoms with Gasteiger partial charge in [0.1, 0.15) is 6.07 Å². The Balaban J connectivity index is 1.68. The number of rotatable bonds is 2. The second kappa shape index (κ2) is 4.91. The Kier molecular flexibility index (Phi) is 3.11. The number of hydrogen-bond donors (Lipinski definition) is 1. The van der Waals surface area contributed by atoms with Gasteiger partial charge in [-0.25, -0.2) is 0 Å². The summed E-state index contributed by atoms with van der Waals surface area (Å²) in [4.78, 5) is 2.58. The fourth-order valence-electron chi connectivity index (χ4n) is 3.08. The van der Waals surface area contributed by atoms with E-state index in [-0.39, 0.29) is 0 Å². The number of anilines is 1. The van der Waals surface area contributed by atoms with E-state index in [1.54, 1.807) is 12.3 Å². The molecule has 0 saturated carbocycles. The van der Waals surface area contributed by atoms with Crippen molar-refractivity contribution >= 4 is 5.82 Å². The molecular formula is C13H17N5. The van der Waals surface area contributed by atoms with Crippen molar-refractivity contribution in [2.45, 2.75) is 37.8 Å². The third kappa shape index (κ3) is 2.16. The van der Waals surface area contributed by atoms with E-state index in [9.17, 15) is 0 Å². The van der Waals surface area contributed by atoms with E-state index >= 15 is 0 Å². The number of fused-ring (bicyclic) bond motifs is 1. The van der Waals surface area contributed by atoms with E-state index < -0.39 is 0 Å². The molecule has 2 fully saturated rings. The molecule has 3 heterocycles. The maximum Gasteiger partial charge on any atom is 0.166 e. The maximum atomic E-state index is 9.03. The van der Waals surface area contributed by atoms with Crippen molar-refractivity contribution in [3.8, 4) is 6.07 Å². The first-order chi connectivity index (χ1) is 8.86. The Morgan fingerprint density at radius 2 is 2.33 bits per heavy atom. The van der Waals surface area contributed by atoms with E-state index in [0.717, 1.165) is 25.4 Å². The summed E-state index contributed by atoms with van der Waals surface area (Å²) in [7, 11) is 0. The molecule has 1 N–H and O–H groups in total. The summed E-state index contributed by atoms with van der Waals surface area (Å²) in [5.41, 5.74) is 0.582. The standard InChI is InChI=1S/C13H17N5/c14-9-10-3-5-15-17-13(10)16-11-4-7-18-6-1-2-12(18)8-11/h3,5,11-12H,1-2,4,6-8H2,(H,16,17). The van der Waals surface area contributed by atoms with Crippen LogP contribution in [0.1, 0.15) is 31.2 Å². The van der Waals surface area contributed by atoms with Crippen LogP contribution in [-0.2, 0) is 0 Å². The van der Waals surface area contributed by atoms with Gasteiger partial charge in [0.25, 0.3) is 0 Å². The zero-order valence-electron chi connectivity index (χ0n) is 10.3. The van der Waals surface area contributed by atoms with E-state index in [1.807, 2.05) is 0 Å². The quantitative estimate of drug-likeness (QED) is 0.850. The molecule has 0 bridgehead atoms. The molecule has 1 aromatic rings. The number of aromatic nitrogens is 2. The first-order valence-corrected chi connectivity index (χ1v) is 6.59. The molecule has 0 aliphatic carbocycles. The molecule has 2 unspecified atom stereocenters. The van der Waals surface area contributed by atoms with Crippen LogP contribution in [0.5, 0.6) is 0 Å². The summed E-state index contributed by atoms with van der Waals surface area (Å²) in [6, 6.07) is 5.01. The lowest BCUT2D eigenvalue weighted by molar-refractivity contribution is 0.188. The molecule has 2 saturated heterocycles. The molecule has 2 aliphatic rings. The van der Waals surface area contributed by atoms with Crippen molar-refractivity contribution < 1.29 is 0 Å². The highest BCUT2D eigenvalue weighted by Crippen LogP contribution is 2.28. The number of hydrogen-bond acceptors (Lipinski definition) is 5. The predicted molar refractivity (Wildman–Crippen MR) is 68.0 cm³/mol. The molecule has 0 amide bonds. The van der Waals surface area contributed by atoms with Gasteiger partial charge in [-0.3, -0.25) is 0 Å². The zero-order valence-corrected chi connectivity index (χ0v) is 10.3. The Morgan fingerprint density at radius 3 is 3.22 bits per heavy atom. The first-order valence-electron chi connectivity index (χ1n) is 6.59. The van der Waals surface area contributed by atoms with Crippen molar-refractivity contribution in [1.82, 2.24) is 15.1 Å². The molecule has 5 heteroatoms. The van der Waals surface area contributed by atoms with Crippen LogP contribution in [0.2, 0.25) is 0 Å². The van der Waals surface area contributed by atoms with Gasteiger partial charge in [-0.1, -0.05) is 0 Å². The molecule has 3 rings (SSSR count). The maximum absolute atomic E-state index is 9.03. The Hall–Kier alpha value is -1.67. The van der Waals surface area contributed by atoms with Crippen LogP contribution in [0.3, 0.4) is 0 Å². The number of nitrogens with zero attached hydrogens (tertiary/aromatic N) is 4. The predicted octanol–water partition coefficient (Wildman–Crippen LogP) is 1.39. The largest absolute Gasteiger partial charge is 0.365 e. The van der Waals surface area contributed by atoms with Crippen LogP contribution >= 0.6 is 0 Å². The lowest BCUT2D eigenvalue weighted by Gasteiger charge is -2.35. The minimum atomic E-state index is 0.424. The highest BCUT2D eigenvalue weighted by molar-refractivity contribution is 5.50. The average molecular weight is 243 g/mol. The lowest BCUT2D eigenvalue weighted by atomic mass is 9.97. The molecule has 5 nitrogen and oxygen atoms in total. The third-order valence-electron chi connectivity index (χ3n) is 4.00. The van der Waals surface area contributed by atoms with E-state index in [2.05, 4.69) is 26.5 Å². The summed E-state index contributed by atoms with van der Waals surface area (Å²) < 4.78 is 0. The molecular weight excluding hydrogens is 226 g/mol. The highest BCUT2D eigenvalue weighted by Gasteiger charge is 2.31. The minimum Gasteiger partial charge on any atom is -0.365 e. The first kappa shape index (κ1) is 11.4. The molecule has 18 heavy (non-hydrogen) atoms. The lowest BCUT2D eigenvalue weighted by Crippen LogP contribution is -2.43. The van der Waals surface area contributed by atoms with Gasteiger partial charge in [0.15, 0.2) is 5.82 Å². The van der Waals surface area contributed by atoms with Crippen molar-refractivity contribution in [2.75, 3.05) is 18.4 Å². The Morgan fingerprint density at radius 1 is 1.39 bits per heavy atom. The number of nitrogens with one attached hydrogen (secondary N) is 1. The van der Waals surface area contributed by atoms with E-state index in [0.29, 0.717) is 17.4 Å². The normalized spacial score (nSPS) is 27.5. The van der Waals surface area contributed by atoms with Crippen LogP contribution in [0.15, 0.2) is 12.3 Å². The van der Waals surface area contributed by atoms with Gasteiger partial charge in [-0.15, -0.1) is 5.10 Å². The van der Waals surface area contributed by atoms with Gasteiger partial charge in [-0.05, 0) is 38.3 Å². The topological polar surface area (TPSA) is 64.8 Å². The van der Waals surface area contributed by atoms with Gasteiger partial charge in [0, 0.05) is 18.6 Å². The molecule has 2 atom stereocenters. The SMILES string of the molecule is N#Cc1ccnnc1NC1CCN2CCCC2C1. The Bertz CT molecular complexity index is 467. The van der Waals surface area contributed by atoms with E-state index in [1.165, 1.54) is 19.4 Å². The fraction of sp³-hybridized carbons (Fsp3) is 0.615. The molecule has 0 radical (unpaired) electrons. The second-order valence-electron chi connectivity index (χ2n) is 5.10. The van der Waals surface area contributed by atoms with Crippen LogP contribution < -0.4 is 5.32 Å². The fourth-order valence-corrected chi connectivity index (χ4v) is 3.08. The number of piperidine rings is 1. The van der Waals surface area contributed by atoms with Crippen molar-refractivity contribution in [1.29, 1.82) is 5.26 Å². The molecule has 1 aromatic heterocycles. The number of nitriles is 1. The summed E-state index contributed by atoms with van der Waals surface area (Å²) in [5, 5.41) is 20.3. The van der Waals surface area contributed by atoms with Crippen LogP contribution in [0, 0.1) is 11.3 Å². The van der Waals surface area contributed by atoms with Crippen LogP contribution in [0.25, 0.3) is 0 Å². The van der Waals surface area contributed by atoms with Gasteiger partial charge in [0.2, 0.25) is 0 Å². The van der Waals surface area contributed by atoms with Crippen LogP contribution in [-0.4, -0.2) is 40.3 Å². The Labute approximate surface area is 107 Å². The van der Waals surface area contributed by atoms with E-state index in [4.69, 9.17) is 5.26 Å². The zero-order chi connectivity index (χ0) is 12.4. The molecule has 94 valence electrons. The molecule has 2 aliphatic heterocycles. The highest BCUT2D eigenvalue weighted by atomic mass is 15.2. The summed E-state index contributed by atoms with van der Waals surface area (Å²) >= 11 is 0. The smallest absolute Gasteiger partial charge is 0.166 e. The van der Waals surface area contributed by atoms with Crippen molar-refractivity contribution in [3.63, 3.8) is 0 Å². The van der Waals surface area contributed by atoms with Gasteiger partial charge in [0.05, 0.1) is 11.8 Å². The third-order valence-corrected chi connectivity index (χ3v) is 4.00. The second-order valence-corrected chi connectivity index (χ2v) is 5.10. The monoisotopic (exact) mass is 243 g/mol. The summed E-state index contributed by atoms with van der Waals surface area (Å²) in [6.45, 7) is 2.41. The van der Waals surface area contributed by atoms with Gasteiger partial charge < -0.3 is 10.2 Å². The summed E-state index contributed by atoms with van der Waals surface area (Å²) in [5.74, 6) is 0.636. The van der Waals surface area contributed by atoms with Crippen molar-refractivity contribution in [3.05, 3.63) is 17.8 Å². The molecule has 0 spiro atoms.